The van der Waals surface area contributed by atoms with Crippen molar-refractivity contribution in [2.45, 2.75) is 45.2 Å². The molecule has 2 aliphatic rings. The Morgan fingerprint density at radius 2 is 2.45 bits per heavy atom. The number of nitrogens with zero attached hydrogens (tertiary/aromatic N) is 3. The molecule has 0 unspecified atom stereocenters. The first-order chi connectivity index (χ1) is 9.75. The zero-order valence-corrected chi connectivity index (χ0v) is 12.1. The normalized spacial score (nSPS) is 31.2. The number of hydrogen-bond donors (Lipinski definition) is 2. The number of fused-ring (bicyclic) bond motifs is 1. The maximum atomic E-state index is 9.88. The molecule has 2 N–H and O–H groups in total. The SMILES string of the molecule is CCc1noc(CN2CC[C@H]3NCCC[C@]3(CO)C2)n1. The Morgan fingerprint density at radius 1 is 1.55 bits per heavy atom. The van der Waals surface area contributed by atoms with Crippen molar-refractivity contribution in [3.05, 3.63) is 11.7 Å². The summed E-state index contributed by atoms with van der Waals surface area (Å²) in [6, 6.07) is 0.450. The van der Waals surface area contributed by atoms with Crippen molar-refractivity contribution in [3.63, 3.8) is 0 Å². The first-order valence-electron chi connectivity index (χ1n) is 7.64. The molecule has 1 aromatic rings. The highest BCUT2D eigenvalue weighted by Gasteiger charge is 2.44. The third-order valence-electron chi connectivity index (χ3n) is 4.75. The summed E-state index contributed by atoms with van der Waals surface area (Å²) in [6.45, 7) is 5.98. The van der Waals surface area contributed by atoms with Crippen molar-refractivity contribution in [1.29, 1.82) is 0 Å². The van der Waals surface area contributed by atoms with Gasteiger partial charge >= 0.3 is 0 Å². The van der Waals surface area contributed by atoms with Crippen molar-refractivity contribution in [3.8, 4) is 0 Å². The summed E-state index contributed by atoms with van der Waals surface area (Å²) in [4.78, 5) is 6.72. The molecule has 112 valence electrons. The van der Waals surface area contributed by atoms with E-state index in [-0.39, 0.29) is 12.0 Å². The van der Waals surface area contributed by atoms with Gasteiger partial charge in [-0.25, -0.2) is 0 Å². The summed E-state index contributed by atoms with van der Waals surface area (Å²) in [5.41, 5.74) is 0.00408. The van der Waals surface area contributed by atoms with Crippen molar-refractivity contribution in [1.82, 2.24) is 20.4 Å². The lowest BCUT2D eigenvalue weighted by Gasteiger charge is -2.50. The van der Waals surface area contributed by atoms with Gasteiger partial charge < -0.3 is 14.9 Å². The molecule has 20 heavy (non-hydrogen) atoms. The van der Waals surface area contributed by atoms with Crippen LogP contribution in [0.25, 0.3) is 0 Å². The third kappa shape index (κ3) is 2.60. The van der Waals surface area contributed by atoms with Crippen molar-refractivity contribution >= 4 is 0 Å². The standard InChI is InChI=1S/C14H24N4O2/c1-2-12-16-13(20-17-12)8-18-7-4-11-14(9-18,10-19)5-3-6-15-11/h11,15,19H,2-10H2,1H3/t11-,14-/m1/s1. The van der Waals surface area contributed by atoms with E-state index in [0.29, 0.717) is 18.5 Å². The van der Waals surface area contributed by atoms with Crippen LogP contribution in [0.2, 0.25) is 0 Å². The van der Waals surface area contributed by atoms with Gasteiger partial charge in [0.05, 0.1) is 13.2 Å². The fourth-order valence-electron chi connectivity index (χ4n) is 3.60. The van der Waals surface area contributed by atoms with Gasteiger partial charge in [0.1, 0.15) is 0 Å². The third-order valence-corrected chi connectivity index (χ3v) is 4.75. The number of likely N-dealkylation sites (tertiary alicyclic amines) is 1. The van der Waals surface area contributed by atoms with E-state index in [0.717, 1.165) is 51.1 Å². The summed E-state index contributed by atoms with van der Waals surface area (Å²) >= 11 is 0. The topological polar surface area (TPSA) is 74.4 Å². The van der Waals surface area contributed by atoms with Gasteiger partial charge in [-0.15, -0.1) is 0 Å². The molecular formula is C14H24N4O2. The lowest BCUT2D eigenvalue weighted by Crippen LogP contribution is -2.61. The fraction of sp³-hybridized carbons (Fsp3) is 0.857. The Bertz CT molecular complexity index is 450. The van der Waals surface area contributed by atoms with Crippen LogP contribution in [0, 0.1) is 5.41 Å². The molecule has 0 aromatic carbocycles. The van der Waals surface area contributed by atoms with Crippen LogP contribution in [-0.4, -0.2) is 52.4 Å². The Morgan fingerprint density at radius 3 is 3.20 bits per heavy atom. The quantitative estimate of drug-likeness (QED) is 0.840. The first-order valence-corrected chi connectivity index (χ1v) is 7.64. The van der Waals surface area contributed by atoms with Crippen LogP contribution in [0.15, 0.2) is 4.52 Å². The Balaban J connectivity index is 1.66. The molecule has 6 heteroatoms. The van der Waals surface area contributed by atoms with Gasteiger partial charge in [0.2, 0.25) is 5.89 Å². The predicted octanol–water partition coefficient (Wildman–Crippen LogP) is 0.568. The molecule has 2 aliphatic heterocycles. The highest BCUT2D eigenvalue weighted by molar-refractivity contribution is 5.00. The number of nitrogens with one attached hydrogen (secondary N) is 1. The fourth-order valence-corrected chi connectivity index (χ4v) is 3.60. The minimum absolute atomic E-state index is 0.00408. The van der Waals surface area contributed by atoms with E-state index in [2.05, 4.69) is 20.4 Å². The maximum absolute atomic E-state index is 9.88. The molecular weight excluding hydrogens is 256 g/mol. The Hall–Kier alpha value is -0.980. The van der Waals surface area contributed by atoms with Crippen LogP contribution in [0.4, 0.5) is 0 Å². The molecule has 1 aromatic heterocycles. The van der Waals surface area contributed by atoms with E-state index in [1.54, 1.807) is 0 Å². The summed E-state index contributed by atoms with van der Waals surface area (Å²) in [7, 11) is 0. The number of aliphatic hydroxyl groups excluding tert-OH is 1. The number of aromatic nitrogens is 2. The van der Waals surface area contributed by atoms with Gasteiger partial charge in [-0.1, -0.05) is 12.1 Å². The average molecular weight is 280 g/mol. The molecule has 6 nitrogen and oxygen atoms in total. The van der Waals surface area contributed by atoms with Crippen LogP contribution in [-0.2, 0) is 13.0 Å². The minimum Gasteiger partial charge on any atom is -0.396 e. The van der Waals surface area contributed by atoms with Crippen LogP contribution < -0.4 is 5.32 Å². The number of aryl methyl sites for hydroxylation is 1. The number of rotatable bonds is 4. The summed E-state index contributed by atoms with van der Waals surface area (Å²) in [5, 5.41) is 17.4. The molecule has 0 amide bonds. The minimum atomic E-state index is 0.00408. The highest BCUT2D eigenvalue weighted by atomic mass is 16.5. The number of aliphatic hydroxyl groups is 1. The number of hydrogen-bond acceptors (Lipinski definition) is 6. The zero-order chi connectivity index (χ0) is 14.0. The van der Waals surface area contributed by atoms with Gasteiger partial charge in [-0.05, 0) is 25.8 Å². The van der Waals surface area contributed by atoms with E-state index >= 15 is 0 Å². The summed E-state index contributed by atoms with van der Waals surface area (Å²) in [5.74, 6) is 1.46. The van der Waals surface area contributed by atoms with Gasteiger partial charge in [-0.3, -0.25) is 4.90 Å². The smallest absolute Gasteiger partial charge is 0.240 e. The molecule has 0 spiro atoms. The molecule has 2 fully saturated rings. The van der Waals surface area contributed by atoms with Gasteiger partial charge in [0, 0.05) is 31.0 Å². The molecule has 3 heterocycles. The van der Waals surface area contributed by atoms with Gasteiger partial charge in [0.15, 0.2) is 5.82 Å². The van der Waals surface area contributed by atoms with Gasteiger partial charge in [-0.2, -0.15) is 4.98 Å². The highest BCUT2D eigenvalue weighted by Crippen LogP contribution is 2.37. The second kappa shape index (κ2) is 5.79. The van der Waals surface area contributed by atoms with E-state index in [1.165, 1.54) is 0 Å². The van der Waals surface area contributed by atoms with E-state index in [4.69, 9.17) is 4.52 Å². The Labute approximate surface area is 119 Å². The van der Waals surface area contributed by atoms with E-state index in [1.807, 2.05) is 6.92 Å². The van der Waals surface area contributed by atoms with Crippen LogP contribution in [0.5, 0.6) is 0 Å². The largest absolute Gasteiger partial charge is 0.396 e. The molecule has 2 atom stereocenters. The van der Waals surface area contributed by atoms with E-state index < -0.39 is 0 Å². The predicted molar refractivity (Wildman–Crippen MR) is 74.1 cm³/mol. The van der Waals surface area contributed by atoms with Gasteiger partial charge in [0.25, 0.3) is 0 Å². The maximum Gasteiger partial charge on any atom is 0.240 e. The lowest BCUT2D eigenvalue weighted by molar-refractivity contribution is -0.0249. The molecule has 0 aliphatic carbocycles. The van der Waals surface area contributed by atoms with E-state index in [9.17, 15) is 5.11 Å². The molecule has 2 saturated heterocycles. The second-order valence-electron chi connectivity index (χ2n) is 6.09. The van der Waals surface area contributed by atoms with Crippen molar-refractivity contribution < 1.29 is 9.63 Å². The van der Waals surface area contributed by atoms with Crippen molar-refractivity contribution in [2.75, 3.05) is 26.2 Å². The summed E-state index contributed by atoms with van der Waals surface area (Å²) in [6.07, 6.45) is 4.12. The van der Waals surface area contributed by atoms with Crippen LogP contribution in [0.3, 0.4) is 0 Å². The molecule has 0 radical (unpaired) electrons. The lowest BCUT2D eigenvalue weighted by atomic mass is 9.71. The zero-order valence-electron chi connectivity index (χ0n) is 12.1. The Kier molecular flexibility index (Phi) is 4.05. The first kappa shape index (κ1) is 14.0. The molecule has 0 saturated carbocycles. The molecule has 3 rings (SSSR count). The van der Waals surface area contributed by atoms with Crippen LogP contribution >= 0.6 is 0 Å². The second-order valence-corrected chi connectivity index (χ2v) is 6.09. The van der Waals surface area contributed by atoms with Crippen molar-refractivity contribution in [2.24, 2.45) is 5.41 Å². The monoisotopic (exact) mass is 280 g/mol. The van der Waals surface area contributed by atoms with Crippen LogP contribution in [0.1, 0.15) is 37.9 Å². The molecule has 0 bridgehead atoms. The average Bonchev–Trinajstić information content (AvgIpc) is 2.94. The summed E-state index contributed by atoms with van der Waals surface area (Å²) < 4.78 is 5.28. The number of piperidine rings is 2.